The molecule has 2 aromatic carbocycles. The molecular weight excluding hydrogens is 564 g/mol. The fourth-order valence-corrected chi connectivity index (χ4v) is 6.53. The molecule has 1 unspecified atom stereocenters. The molecule has 3 aromatic rings. The Morgan fingerprint density at radius 1 is 1.07 bits per heavy atom. The Balaban J connectivity index is 1.49. The van der Waals surface area contributed by atoms with Gasteiger partial charge in [-0.25, -0.2) is 8.78 Å². The van der Waals surface area contributed by atoms with Crippen LogP contribution in [0.3, 0.4) is 0 Å². The molecule has 1 fully saturated rings. The second-order valence-corrected chi connectivity index (χ2v) is 13.5. The lowest BCUT2D eigenvalue weighted by Gasteiger charge is -2.47. The van der Waals surface area contributed by atoms with Gasteiger partial charge >= 0.3 is 0 Å². The van der Waals surface area contributed by atoms with Crippen molar-refractivity contribution in [3.05, 3.63) is 76.6 Å². The highest BCUT2D eigenvalue weighted by atomic mass is 19.1. The van der Waals surface area contributed by atoms with E-state index in [1.807, 2.05) is 17.0 Å². The molecule has 1 aromatic heterocycles. The molecular formula is C33H41F2N7O2. The molecule has 9 nitrogen and oxygen atoms in total. The molecule has 1 spiro atoms. The number of carbonyl (C=O) groups excluding carboxylic acids is 2. The van der Waals surface area contributed by atoms with Crippen LogP contribution in [0.5, 0.6) is 0 Å². The summed E-state index contributed by atoms with van der Waals surface area (Å²) >= 11 is 0. The van der Waals surface area contributed by atoms with Gasteiger partial charge in [-0.2, -0.15) is 5.21 Å². The van der Waals surface area contributed by atoms with E-state index in [1.54, 1.807) is 12.1 Å². The number of tetrazole rings is 1. The summed E-state index contributed by atoms with van der Waals surface area (Å²) in [6, 6.07) is 10.1. The molecule has 1 aliphatic carbocycles. The van der Waals surface area contributed by atoms with Crippen LogP contribution in [0.4, 0.5) is 8.78 Å². The summed E-state index contributed by atoms with van der Waals surface area (Å²) in [6.45, 7) is 11.1. The van der Waals surface area contributed by atoms with Crippen molar-refractivity contribution in [3.63, 3.8) is 0 Å². The Morgan fingerprint density at radius 3 is 2.30 bits per heavy atom. The highest BCUT2D eigenvalue weighted by Crippen LogP contribution is 2.50. The third-order valence-corrected chi connectivity index (χ3v) is 9.02. The molecule has 0 bridgehead atoms. The van der Waals surface area contributed by atoms with E-state index in [1.165, 1.54) is 12.1 Å². The number of aromatic nitrogens is 4. The number of H-pyrrole nitrogens is 1. The molecule has 2 amide bonds. The lowest BCUT2D eigenvalue weighted by molar-refractivity contribution is -0.133. The number of amides is 2. The Labute approximate surface area is 256 Å². The third-order valence-electron chi connectivity index (χ3n) is 9.02. The van der Waals surface area contributed by atoms with Gasteiger partial charge in [0.15, 0.2) is 5.82 Å². The fraction of sp³-hybridized carbons (Fsp3) is 0.515. The largest absolute Gasteiger partial charge is 0.345 e. The minimum absolute atomic E-state index is 0.101. The zero-order valence-electron chi connectivity index (χ0n) is 26.0. The van der Waals surface area contributed by atoms with E-state index in [2.05, 4.69) is 60.6 Å². The number of halogens is 2. The Kier molecular flexibility index (Phi) is 8.95. The van der Waals surface area contributed by atoms with E-state index in [-0.39, 0.29) is 41.1 Å². The molecule has 1 aliphatic heterocycles. The molecule has 1 atom stereocenters. The first kappa shape index (κ1) is 31.4. The Morgan fingerprint density at radius 2 is 1.73 bits per heavy atom. The first-order valence-corrected chi connectivity index (χ1v) is 15.4. The van der Waals surface area contributed by atoms with Gasteiger partial charge < -0.3 is 10.2 Å². The number of aromatic amines is 1. The van der Waals surface area contributed by atoms with Crippen molar-refractivity contribution in [2.24, 2.45) is 22.2 Å². The normalized spacial score (nSPS) is 21.2. The average molecular weight is 606 g/mol. The highest BCUT2D eigenvalue weighted by molar-refractivity contribution is 6.46. The van der Waals surface area contributed by atoms with Crippen LogP contribution in [-0.2, 0) is 11.3 Å². The Bertz CT molecular complexity index is 1490. The quantitative estimate of drug-likeness (QED) is 0.304. The number of benzene rings is 2. The molecule has 11 heteroatoms. The van der Waals surface area contributed by atoms with Gasteiger partial charge in [-0.15, -0.1) is 10.2 Å². The van der Waals surface area contributed by atoms with Gasteiger partial charge in [-0.1, -0.05) is 52.0 Å². The maximum absolute atomic E-state index is 14.4. The van der Waals surface area contributed by atoms with Gasteiger partial charge in [0, 0.05) is 17.2 Å². The minimum atomic E-state index is -0.820. The number of nitrogens with zero attached hydrogens (tertiary/aromatic N) is 5. The van der Waals surface area contributed by atoms with E-state index in [0.29, 0.717) is 42.5 Å². The number of aliphatic imine (C=N–C) groups is 1. The average Bonchev–Trinajstić information content (AvgIpc) is 3.58. The van der Waals surface area contributed by atoms with Crippen LogP contribution < -0.4 is 5.32 Å². The summed E-state index contributed by atoms with van der Waals surface area (Å²) in [5.41, 5.74) is 0.894. The molecule has 2 aliphatic rings. The summed E-state index contributed by atoms with van der Waals surface area (Å²) in [7, 11) is 0. The van der Waals surface area contributed by atoms with Crippen LogP contribution in [0.15, 0.2) is 47.5 Å². The fourth-order valence-electron chi connectivity index (χ4n) is 6.53. The van der Waals surface area contributed by atoms with Crippen LogP contribution in [0, 0.1) is 28.9 Å². The van der Waals surface area contributed by atoms with Crippen LogP contribution in [0.2, 0.25) is 0 Å². The molecule has 2 heterocycles. The lowest BCUT2D eigenvalue weighted by atomic mass is 9.69. The molecule has 2 N–H and O–H groups in total. The highest BCUT2D eigenvalue weighted by Gasteiger charge is 2.52. The van der Waals surface area contributed by atoms with Crippen molar-refractivity contribution in [1.82, 2.24) is 30.8 Å². The first-order valence-electron chi connectivity index (χ1n) is 15.4. The summed E-state index contributed by atoms with van der Waals surface area (Å²) in [5.74, 6) is -0.872. The zero-order valence-corrected chi connectivity index (χ0v) is 26.0. The second-order valence-electron chi connectivity index (χ2n) is 13.5. The smallest absolute Gasteiger partial charge is 0.275 e. The van der Waals surface area contributed by atoms with Crippen LogP contribution in [-0.4, -0.2) is 48.7 Å². The number of hydrogen-bond donors (Lipinski definition) is 2. The second kappa shape index (κ2) is 12.5. The lowest BCUT2D eigenvalue weighted by Crippen LogP contribution is -2.51. The van der Waals surface area contributed by atoms with E-state index in [9.17, 15) is 18.4 Å². The number of hydrogen-bond acceptors (Lipinski definition) is 6. The third kappa shape index (κ3) is 6.71. The summed E-state index contributed by atoms with van der Waals surface area (Å²) in [4.78, 5) is 34.1. The van der Waals surface area contributed by atoms with Crippen molar-refractivity contribution in [2.45, 2.75) is 91.4 Å². The van der Waals surface area contributed by atoms with Crippen molar-refractivity contribution in [1.29, 1.82) is 0 Å². The van der Waals surface area contributed by atoms with Gasteiger partial charge in [0.1, 0.15) is 23.0 Å². The standard InChI is InChI=1S/C33H41F2N7O2/c1-20(2)6-11-27(21-7-9-22(10-8-21)30(43)36-19-28-38-40-41-39-28)42-31(44)29(23-16-25(34)18-26(35)17-23)37-33(42)14-12-24(13-15-33)32(3,4)5/h7-10,16-18,20,24,27H,6,11-15,19H2,1-5H3,(H,36,43)(H,38,39,40,41). The van der Waals surface area contributed by atoms with E-state index in [4.69, 9.17) is 4.99 Å². The predicted octanol–water partition coefficient (Wildman–Crippen LogP) is 6.15. The maximum atomic E-state index is 14.4. The van der Waals surface area contributed by atoms with Crippen LogP contribution in [0.1, 0.15) is 106 Å². The summed E-state index contributed by atoms with van der Waals surface area (Å²) in [5, 5.41) is 16.3. The van der Waals surface area contributed by atoms with Gasteiger partial charge in [0.05, 0.1) is 12.6 Å². The van der Waals surface area contributed by atoms with Crippen molar-refractivity contribution >= 4 is 17.5 Å². The van der Waals surface area contributed by atoms with Crippen molar-refractivity contribution in [3.8, 4) is 0 Å². The summed E-state index contributed by atoms with van der Waals surface area (Å²) in [6.07, 6.45) is 4.63. The number of carbonyl (C=O) groups is 2. The molecule has 44 heavy (non-hydrogen) atoms. The SMILES string of the molecule is CC(C)CCC(c1ccc(C(=O)NCc2nn[nH]n2)cc1)N1C(=O)C(c2cc(F)cc(F)c2)=NC12CCC(C(C)(C)C)CC2. The minimum Gasteiger partial charge on any atom is -0.345 e. The molecule has 5 rings (SSSR count). The van der Waals surface area contributed by atoms with Crippen molar-refractivity contribution < 1.29 is 18.4 Å². The topological polar surface area (TPSA) is 116 Å². The van der Waals surface area contributed by atoms with Crippen LogP contribution in [0.25, 0.3) is 0 Å². The van der Waals surface area contributed by atoms with Gasteiger partial charge in [0.25, 0.3) is 11.8 Å². The van der Waals surface area contributed by atoms with Gasteiger partial charge in [0.2, 0.25) is 0 Å². The maximum Gasteiger partial charge on any atom is 0.275 e. The molecule has 0 radical (unpaired) electrons. The predicted molar refractivity (Wildman–Crippen MR) is 162 cm³/mol. The zero-order chi connectivity index (χ0) is 31.6. The first-order chi connectivity index (χ1) is 20.9. The number of rotatable bonds is 9. The summed E-state index contributed by atoms with van der Waals surface area (Å²) < 4.78 is 28.7. The monoisotopic (exact) mass is 605 g/mol. The number of nitrogens with one attached hydrogen (secondary N) is 2. The van der Waals surface area contributed by atoms with Gasteiger partial charge in [-0.3, -0.25) is 14.6 Å². The van der Waals surface area contributed by atoms with E-state index >= 15 is 0 Å². The Hall–Kier alpha value is -4.02. The molecule has 0 saturated heterocycles. The van der Waals surface area contributed by atoms with Gasteiger partial charge in [-0.05, 0) is 85.6 Å². The van der Waals surface area contributed by atoms with Crippen molar-refractivity contribution in [2.75, 3.05) is 0 Å². The molecule has 1 saturated carbocycles. The van der Waals surface area contributed by atoms with Crippen LogP contribution >= 0.6 is 0 Å². The van der Waals surface area contributed by atoms with E-state index < -0.39 is 17.3 Å². The molecule has 234 valence electrons. The van der Waals surface area contributed by atoms with E-state index in [0.717, 1.165) is 30.9 Å².